The fourth-order valence-corrected chi connectivity index (χ4v) is 3.43. The lowest BCUT2D eigenvalue weighted by Gasteiger charge is -2.08. The first-order chi connectivity index (χ1) is 13.8. The van der Waals surface area contributed by atoms with Crippen molar-refractivity contribution >= 4 is 17.2 Å². The molecule has 29 heavy (non-hydrogen) atoms. The molecule has 0 bridgehead atoms. The molecule has 0 aliphatic rings. The molecule has 0 atom stereocenters. The summed E-state index contributed by atoms with van der Waals surface area (Å²) in [4.78, 5) is 17.4. The minimum absolute atomic E-state index is 0.284. The van der Waals surface area contributed by atoms with E-state index in [0.29, 0.717) is 28.2 Å². The van der Waals surface area contributed by atoms with Gasteiger partial charge in [0.1, 0.15) is 11.4 Å². The summed E-state index contributed by atoms with van der Waals surface area (Å²) in [5.41, 5.74) is 5.15. The number of anilines is 1. The summed E-state index contributed by atoms with van der Waals surface area (Å²) >= 11 is 0. The van der Waals surface area contributed by atoms with Crippen LogP contribution in [0, 0.1) is 33.5 Å². The second-order valence-electron chi connectivity index (χ2n) is 7.08. The van der Waals surface area contributed by atoms with Crippen molar-refractivity contribution in [1.29, 1.82) is 0 Å². The Kier molecular flexibility index (Phi) is 4.62. The SMILES string of the molecule is Cc1cc(C)n2ncc(C(=O)Nc3c(C)nn(Cc4ccccc4F)c3C)c2n1. The zero-order valence-electron chi connectivity index (χ0n) is 16.7. The van der Waals surface area contributed by atoms with Gasteiger partial charge in [-0.3, -0.25) is 9.48 Å². The summed E-state index contributed by atoms with van der Waals surface area (Å²) in [6, 6.07) is 8.49. The zero-order chi connectivity index (χ0) is 20.7. The maximum atomic E-state index is 14.0. The number of halogens is 1. The van der Waals surface area contributed by atoms with Crippen LogP contribution in [-0.4, -0.2) is 30.3 Å². The normalized spacial score (nSPS) is 11.2. The van der Waals surface area contributed by atoms with Crippen LogP contribution >= 0.6 is 0 Å². The number of nitrogens with zero attached hydrogens (tertiary/aromatic N) is 5. The van der Waals surface area contributed by atoms with Crippen LogP contribution in [0.3, 0.4) is 0 Å². The third-order valence-corrected chi connectivity index (χ3v) is 4.92. The molecule has 0 aliphatic carbocycles. The van der Waals surface area contributed by atoms with Gasteiger partial charge in [-0.15, -0.1) is 0 Å². The number of benzene rings is 1. The van der Waals surface area contributed by atoms with Crippen molar-refractivity contribution in [2.75, 3.05) is 5.32 Å². The largest absolute Gasteiger partial charge is 0.319 e. The summed E-state index contributed by atoms with van der Waals surface area (Å²) in [5, 5.41) is 11.7. The first kappa shape index (κ1) is 18.8. The van der Waals surface area contributed by atoms with Gasteiger partial charge in [-0.1, -0.05) is 18.2 Å². The Labute approximate surface area is 167 Å². The van der Waals surface area contributed by atoms with Crippen molar-refractivity contribution in [1.82, 2.24) is 24.4 Å². The maximum Gasteiger partial charge on any atom is 0.261 e. The highest BCUT2D eigenvalue weighted by Crippen LogP contribution is 2.23. The number of carbonyl (C=O) groups is 1. The monoisotopic (exact) mass is 392 g/mol. The molecule has 3 heterocycles. The lowest BCUT2D eigenvalue weighted by molar-refractivity contribution is 0.102. The van der Waals surface area contributed by atoms with E-state index in [2.05, 4.69) is 20.5 Å². The van der Waals surface area contributed by atoms with Crippen molar-refractivity contribution < 1.29 is 9.18 Å². The highest BCUT2D eigenvalue weighted by molar-refractivity contribution is 6.08. The summed E-state index contributed by atoms with van der Waals surface area (Å²) in [5.74, 6) is -0.594. The number of carbonyl (C=O) groups excluding carboxylic acids is 1. The van der Waals surface area contributed by atoms with Crippen LogP contribution in [0.15, 0.2) is 36.5 Å². The van der Waals surface area contributed by atoms with Gasteiger partial charge in [0.25, 0.3) is 5.91 Å². The van der Waals surface area contributed by atoms with Gasteiger partial charge in [0.15, 0.2) is 5.65 Å². The molecule has 0 aliphatic heterocycles. The molecular formula is C21H21FN6O. The predicted octanol–water partition coefficient (Wildman–Crippen LogP) is 3.60. The van der Waals surface area contributed by atoms with Crippen molar-refractivity contribution in [3.8, 4) is 0 Å². The molecule has 7 nitrogen and oxygen atoms in total. The number of rotatable bonds is 4. The molecule has 0 fully saturated rings. The van der Waals surface area contributed by atoms with Gasteiger partial charge >= 0.3 is 0 Å². The number of hydrogen-bond acceptors (Lipinski definition) is 4. The summed E-state index contributed by atoms with van der Waals surface area (Å²) in [6.07, 6.45) is 1.51. The van der Waals surface area contributed by atoms with Gasteiger partial charge in [0, 0.05) is 17.0 Å². The van der Waals surface area contributed by atoms with E-state index in [1.54, 1.807) is 27.4 Å². The fourth-order valence-electron chi connectivity index (χ4n) is 3.43. The van der Waals surface area contributed by atoms with E-state index in [-0.39, 0.29) is 18.3 Å². The van der Waals surface area contributed by atoms with Crippen molar-refractivity contribution in [2.24, 2.45) is 0 Å². The maximum absolute atomic E-state index is 14.0. The Morgan fingerprint density at radius 2 is 1.93 bits per heavy atom. The Hall–Kier alpha value is -3.55. The van der Waals surface area contributed by atoms with Crippen LogP contribution in [0.25, 0.3) is 5.65 Å². The number of hydrogen-bond donors (Lipinski definition) is 1. The molecule has 4 rings (SSSR count). The minimum Gasteiger partial charge on any atom is -0.319 e. The Morgan fingerprint density at radius 3 is 2.69 bits per heavy atom. The van der Waals surface area contributed by atoms with Crippen LogP contribution in [0.5, 0.6) is 0 Å². The van der Waals surface area contributed by atoms with Gasteiger partial charge < -0.3 is 5.32 Å². The van der Waals surface area contributed by atoms with Crippen LogP contribution in [-0.2, 0) is 6.54 Å². The van der Waals surface area contributed by atoms with Crippen molar-refractivity contribution in [3.05, 3.63) is 76.2 Å². The molecule has 1 amide bonds. The van der Waals surface area contributed by atoms with E-state index in [9.17, 15) is 9.18 Å². The average molecular weight is 392 g/mol. The molecule has 8 heteroatoms. The molecule has 0 saturated heterocycles. The Morgan fingerprint density at radius 1 is 1.17 bits per heavy atom. The highest BCUT2D eigenvalue weighted by Gasteiger charge is 2.20. The summed E-state index contributed by atoms with van der Waals surface area (Å²) in [6.45, 7) is 7.73. The van der Waals surface area contributed by atoms with Crippen LogP contribution in [0.1, 0.15) is 38.7 Å². The highest BCUT2D eigenvalue weighted by atomic mass is 19.1. The second-order valence-corrected chi connectivity index (χ2v) is 7.08. The van der Waals surface area contributed by atoms with Crippen LogP contribution in [0.4, 0.5) is 10.1 Å². The molecule has 0 saturated carbocycles. The molecule has 4 aromatic rings. The van der Waals surface area contributed by atoms with E-state index in [1.165, 1.54) is 12.3 Å². The number of fused-ring (bicyclic) bond motifs is 1. The lowest BCUT2D eigenvalue weighted by Crippen LogP contribution is -2.14. The number of aromatic nitrogens is 5. The minimum atomic E-state index is -0.311. The van der Waals surface area contributed by atoms with E-state index >= 15 is 0 Å². The molecule has 3 aromatic heterocycles. The molecule has 0 unspecified atom stereocenters. The average Bonchev–Trinajstić information content (AvgIpc) is 3.20. The van der Waals surface area contributed by atoms with Gasteiger partial charge in [-0.25, -0.2) is 13.9 Å². The molecule has 0 spiro atoms. The molecule has 0 radical (unpaired) electrons. The van der Waals surface area contributed by atoms with E-state index in [4.69, 9.17) is 0 Å². The number of aryl methyl sites for hydroxylation is 3. The first-order valence-corrected chi connectivity index (χ1v) is 9.26. The third kappa shape index (κ3) is 3.37. The van der Waals surface area contributed by atoms with Crippen LogP contribution < -0.4 is 5.32 Å². The van der Waals surface area contributed by atoms with Gasteiger partial charge in [0.2, 0.25) is 0 Å². The molecule has 1 aromatic carbocycles. The van der Waals surface area contributed by atoms with Gasteiger partial charge in [0.05, 0.1) is 29.8 Å². The van der Waals surface area contributed by atoms with Crippen molar-refractivity contribution in [3.63, 3.8) is 0 Å². The molecular weight excluding hydrogens is 371 g/mol. The molecule has 148 valence electrons. The topological polar surface area (TPSA) is 77.1 Å². The quantitative estimate of drug-likeness (QED) is 0.576. The van der Waals surface area contributed by atoms with E-state index in [0.717, 1.165) is 17.1 Å². The summed E-state index contributed by atoms with van der Waals surface area (Å²) in [7, 11) is 0. The fraction of sp³-hybridized carbons (Fsp3) is 0.238. The van der Waals surface area contributed by atoms with Crippen molar-refractivity contribution in [2.45, 2.75) is 34.2 Å². The second kappa shape index (κ2) is 7.12. The Bertz CT molecular complexity index is 1240. The molecule has 1 N–H and O–H groups in total. The lowest BCUT2D eigenvalue weighted by atomic mass is 10.2. The van der Waals surface area contributed by atoms with E-state index in [1.807, 2.05) is 33.8 Å². The standard InChI is InChI=1S/C21H21FN6O/c1-12-9-13(2)28-20(24-12)17(10-23-28)21(29)25-19-14(3)26-27(15(19)4)11-16-7-5-6-8-18(16)22/h5-10H,11H2,1-4H3,(H,25,29). The predicted molar refractivity (Wildman–Crippen MR) is 108 cm³/mol. The Balaban J connectivity index is 1.64. The summed E-state index contributed by atoms with van der Waals surface area (Å²) < 4.78 is 17.3. The van der Waals surface area contributed by atoms with E-state index < -0.39 is 0 Å². The number of nitrogens with one attached hydrogen (secondary N) is 1. The van der Waals surface area contributed by atoms with Crippen LogP contribution in [0.2, 0.25) is 0 Å². The third-order valence-electron chi connectivity index (χ3n) is 4.92. The zero-order valence-corrected chi connectivity index (χ0v) is 16.7. The van der Waals surface area contributed by atoms with Gasteiger partial charge in [-0.2, -0.15) is 10.2 Å². The number of amides is 1. The van der Waals surface area contributed by atoms with Gasteiger partial charge in [-0.05, 0) is 39.8 Å². The smallest absolute Gasteiger partial charge is 0.261 e. The first-order valence-electron chi connectivity index (χ1n) is 9.26.